The van der Waals surface area contributed by atoms with Crippen molar-refractivity contribution in [1.82, 2.24) is 0 Å². The molecule has 2 aliphatic carbocycles. The fourth-order valence-electron chi connectivity index (χ4n) is 3.78. The van der Waals surface area contributed by atoms with Crippen molar-refractivity contribution in [1.29, 1.82) is 0 Å². The number of rotatable bonds is 4. The zero-order valence-electron chi connectivity index (χ0n) is 15.0. The number of fused-ring (bicyclic) bond motifs is 1. The molecule has 2 aromatic carbocycles. The van der Waals surface area contributed by atoms with Crippen molar-refractivity contribution < 1.29 is 14.3 Å². The molecule has 0 spiro atoms. The van der Waals surface area contributed by atoms with Crippen molar-refractivity contribution in [2.45, 2.75) is 44.6 Å². The van der Waals surface area contributed by atoms with Gasteiger partial charge in [-0.3, -0.25) is 9.79 Å². The van der Waals surface area contributed by atoms with Gasteiger partial charge in [-0.2, -0.15) is 0 Å². The molecule has 0 bridgehead atoms. The summed E-state index contributed by atoms with van der Waals surface area (Å²) < 4.78 is 11.7. The number of ether oxygens (including phenoxy) is 2. The van der Waals surface area contributed by atoms with Crippen LogP contribution in [0.5, 0.6) is 11.5 Å². The Morgan fingerprint density at radius 3 is 2.46 bits per heavy atom. The molecule has 26 heavy (non-hydrogen) atoms. The molecular formula is C22H23NO3. The Morgan fingerprint density at radius 2 is 1.77 bits per heavy atom. The van der Waals surface area contributed by atoms with Gasteiger partial charge in [0.15, 0.2) is 11.5 Å². The average molecular weight is 349 g/mol. The topological polar surface area (TPSA) is 47.9 Å². The van der Waals surface area contributed by atoms with Gasteiger partial charge in [0.1, 0.15) is 11.9 Å². The molecule has 4 rings (SSSR count). The maximum absolute atomic E-state index is 11.6. The molecule has 134 valence electrons. The van der Waals surface area contributed by atoms with Crippen LogP contribution >= 0.6 is 0 Å². The van der Waals surface area contributed by atoms with E-state index in [0.717, 1.165) is 37.1 Å². The number of hydrogen-bond donors (Lipinski definition) is 0. The molecule has 1 saturated carbocycles. The van der Waals surface area contributed by atoms with E-state index in [1.807, 2.05) is 18.2 Å². The van der Waals surface area contributed by atoms with Crippen molar-refractivity contribution in [3.63, 3.8) is 0 Å². The second-order valence-corrected chi connectivity index (χ2v) is 7.00. The maximum atomic E-state index is 11.6. The highest BCUT2D eigenvalue weighted by Gasteiger charge is 2.23. The zero-order valence-corrected chi connectivity index (χ0v) is 15.0. The van der Waals surface area contributed by atoms with Crippen LogP contribution < -0.4 is 9.47 Å². The van der Waals surface area contributed by atoms with Gasteiger partial charge >= 0.3 is 0 Å². The number of aliphatic imine (C=N–C) groups is 1. The molecule has 2 aromatic rings. The summed E-state index contributed by atoms with van der Waals surface area (Å²) >= 11 is 0. The molecule has 0 N–H and O–H groups in total. The van der Waals surface area contributed by atoms with Crippen LogP contribution in [0.15, 0.2) is 47.5 Å². The monoisotopic (exact) mass is 349 g/mol. The smallest absolute Gasteiger partial charge is 0.163 e. The number of Topliss-reactive ketones (excluding diaryl/α,β-unsaturated/α-hetero) is 1. The fourth-order valence-corrected chi connectivity index (χ4v) is 3.78. The number of ketones is 1. The summed E-state index contributed by atoms with van der Waals surface area (Å²) in [4.78, 5) is 16.3. The van der Waals surface area contributed by atoms with Gasteiger partial charge in [-0.15, -0.1) is 0 Å². The molecule has 4 heteroatoms. The third-order valence-electron chi connectivity index (χ3n) is 5.06. The molecule has 0 atom stereocenters. The summed E-state index contributed by atoms with van der Waals surface area (Å²) in [5, 5.41) is 0. The van der Waals surface area contributed by atoms with Crippen LogP contribution in [0, 0.1) is 0 Å². The molecule has 0 amide bonds. The number of hydrogen-bond acceptors (Lipinski definition) is 4. The highest BCUT2D eigenvalue weighted by atomic mass is 16.5. The van der Waals surface area contributed by atoms with Crippen LogP contribution in [-0.2, 0) is 17.6 Å². The van der Waals surface area contributed by atoms with E-state index in [1.165, 1.54) is 11.1 Å². The highest BCUT2D eigenvalue weighted by Crippen LogP contribution is 2.35. The third-order valence-corrected chi connectivity index (χ3v) is 5.06. The number of methoxy groups -OCH3 is 1. The van der Waals surface area contributed by atoms with Gasteiger partial charge in [-0.1, -0.05) is 24.3 Å². The maximum Gasteiger partial charge on any atom is 0.163 e. The van der Waals surface area contributed by atoms with E-state index in [1.54, 1.807) is 7.11 Å². The summed E-state index contributed by atoms with van der Waals surface area (Å²) in [6.07, 6.45) is 4.88. The van der Waals surface area contributed by atoms with Crippen LogP contribution in [0.4, 0.5) is 5.69 Å². The summed E-state index contributed by atoms with van der Waals surface area (Å²) in [5.41, 5.74) is 4.49. The Labute approximate surface area is 153 Å². The first kappa shape index (κ1) is 16.8. The Balaban J connectivity index is 1.54. The van der Waals surface area contributed by atoms with Crippen LogP contribution in [-0.4, -0.2) is 24.7 Å². The standard InChI is InChI=1S/C22H23NO3/c1-25-21-10-9-18(23-17-7-4-8-19(24)13-17)14-22(21)26-20-11-15-5-2-3-6-16(15)12-20/h2-3,5-6,9-10,14,20H,4,7-8,11-13H2,1H3. The van der Waals surface area contributed by atoms with Gasteiger partial charge in [0.25, 0.3) is 0 Å². The second kappa shape index (κ2) is 7.32. The lowest BCUT2D eigenvalue weighted by Gasteiger charge is -2.17. The van der Waals surface area contributed by atoms with E-state index in [4.69, 9.17) is 9.47 Å². The minimum absolute atomic E-state index is 0.112. The van der Waals surface area contributed by atoms with Crippen LogP contribution in [0.2, 0.25) is 0 Å². The highest BCUT2D eigenvalue weighted by molar-refractivity contribution is 6.04. The van der Waals surface area contributed by atoms with Gasteiger partial charge in [-0.25, -0.2) is 0 Å². The molecule has 0 radical (unpaired) electrons. The van der Waals surface area contributed by atoms with Gasteiger partial charge in [0.05, 0.1) is 12.8 Å². The summed E-state index contributed by atoms with van der Waals surface area (Å²) in [5.74, 6) is 1.71. The quantitative estimate of drug-likeness (QED) is 0.819. The predicted molar refractivity (Wildman–Crippen MR) is 102 cm³/mol. The van der Waals surface area contributed by atoms with Crippen LogP contribution in [0.3, 0.4) is 0 Å². The Kier molecular flexibility index (Phi) is 4.74. The van der Waals surface area contributed by atoms with Crippen molar-refractivity contribution in [3.05, 3.63) is 53.6 Å². The average Bonchev–Trinajstić information content (AvgIpc) is 3.04. The Morgan fingerprint density at radius 1 is 1.00 bits per heavy atom. The molecule has 0 heterocycles. The van der Waals surface area contributed by atoms with Crippen molar-refractivity contribution >= 4 is 17.2 Å². The zero-order chi connectivity index (χ0) is 17.9. The molecule has 0 unspecified atom stereocenters. The van der Waals surface area contributed by atoms with E-state index in [9.17, 15) is 4.79 Å². The van der Waals surface area contributed by atoms with Gasteiger partial charge < -0.3 is 9.47 Å². The van der Waals surface area contributed by atoms with E-state index < -0.39 is 0 Å². The number of benzene rings is 2. The van der Waals surface area contributed by atoms with Gasteiger partial charge in [-0.05, 0) is 36.1 Å². The van der Waals surface area contributed by atoms with Gasteiger partial charge in [0, 0.05) is 37.5 Å². The summed E-state index contributed by atoms with van der Waals surface area (Å²) in [6, 6.07) is 14.2. The molecule has 0 saturated heterocycles. The van der Waals surface area contributed by atoms with Crippen molar-refractivity contribution in [2.24, 2.45) is 4.99 Å². The summed E-state index contributed by atoms with van der Waals surface area (Å²) in [7, 11) is 1.65. The molecule has 1 fully saturated rings. The molecule has 0 aliphatic heterocycles. The first-order chi connectivity index (χ1) is 12.7. The fraction of sp³-hybridized carbons (Fsp3) is 0.364. The lowest BCUT2D eigenvalue weighted by atomic mass is 9.97. The van der Waals surface area contributed by atoms with E-state index in [0.29, 0.717) is 24.3 Å². The number of nitrogens with zero attached hydrogens (tertiary/aromatic N) is 1. The van der Waals surface area contributed by atoms with E-state index in [2.05, 4.69) is 29.3 Å². The molecule has 0 aromatic heterocycles. The normalized spacial score (nSPS) is 18.8. The second-order valence-electron chi connectivity index (χ2n) is 7.00. The van der Waals surface area contributed by atoms with E-state index >= 15 is 0 Å². The molecular weight excluding hydrogens is 326 g/mol. The first-order valence-electron chi connectivity index (χ1n) is 9.21. The van der Waals surface area contributed by atoms with E-state index in [-0.39, 0.29) is 11.9 Å². The number of carbonyl (C=O) groups is 1. The van der Waals surface area contributed by atoms with Crippen molar-refractivity contribution in [2.75, 3.05) is 7.11 Å². The van der Waals surface area contributed by atoms with Crippen LogP contribution in [0.1, 0.15) is 36.8 Å². The van der Waals surface area contributed by atoms with Crippen molar-refractivity contribution in [3.8, 4) is 11.5 Å². The largest absolute Gasteiger partial charge is 0.493 e. The molecule has 2 aliphatic rings. The number of carbonyl (C=O) groups excluding carboxylic acids is 1. The Bertz CT molecular complexity index is 831. The summed E-state index contributed by atoms with van der Waals surface area (Å²) in [6.45, 7) is 0. The minimum atomic E-state index is 0.112. The first-order valence-corrected chi connectivity index (χ1v) is 9.21. The SMILES string of the molecule is COc1ccc(N=C2CCCC(=O)C2)cc1OC1Cc2ccccc2C1. The van der Waals surface area contributed by atoms with Gasteiger partial charge in [0.2, 0.25) is 0 Å². The lowest BCUT2D eigenvalue weighted by Crippen LogP contribution is -2.16. The van der Waals surface area contributed by atoms with Crippen LogP contribution in [0.25, 0.3) is 0 Å². The third kappa shape index (κ3) is 3.64. The minimum Gasteiger partial charge on any atom is -0.493 e. The lowest BCUT2D eigenvalue weighted by molar-refractivity contribution is -0.118. The predicted octanol–water partition coefficient (Wildman–Crippen LogP) is 4.46. The Hall–Kier alpha value is -2.62. The molecule has 4 nitrogen and oxygen atoms in total.